The molecule has 3 rings (SSSR count). The number of rotatable bonds is 7. The normalized spacial score (nSPS) is 15.1. The van der Waals surface area contributed by atoms with Crippen LogP contribution in [0.5, 0.6) is 0 Å². The Morgan fingerprint density at radius 1 is 1.04 bits per heavy atom. The quantitative estimate of drug-likeness (QED) is 0.711. The lowest BCUT2D eigenvalue weighted by atomic mass is 10.1. The Morgan fingerprint density at radius 2 is 1.65 bits per heavy atom. The minimum Gasteiger partial charge on any atom is -0.390 e. The third-order valence-corrected chi connectivity index (χ3v) is 4.63. The number of hydrogen-bond donors (Lipinski definition) is 3. The molecule has 4 nitrogen and oxygen atoms in total. The van der Waals surface area contributed by atoms with Crippen molar-refractivity contribution in [2.24, 2.45) is 0 Å². The van der Waals surface area contributed by atoms with E-state index < -0.39 is 18.4 Å². The van der Waals surface area contributed by atoms with E-state index in [-0.39, 0.29) is 23.7 Å². The first-order valence-electron chi connectivity index (χ1n) is 8.68. The number of nitrogens with one attached hydrogen (secondary N) is 2. The standard InChI is InChI=1S/C20H22F2N2O2/c21-19(22)17-7-3-4-8-18(17)20(26)24-12-16(25)11-23-15-9-13-5-1-2-6-14(13)10-15/h1-8,15-16,19,23,25H,9-12H2,(H,24,26)/t16-/m0/s1. The van der Waals surface area contributed by atoms with Crippen molar-refractivity contribution in [1.82, 2.24) is 10.6 Å². The van der Waals surface area contributed by atoms with Crippen molar-refractivity contribution in [2.75, 3.05) is 13.1 Å². The molecule has 138 valence electrons. The summed E-state index contributed by atoms with van der Waals surface area (Å²) in [5.74, 6) is -0.603. The van der Waals surface area contributed by atoms with Gasteiger partial charge in [-0.3, -0.25) is 4.79 Å². The molecule has 0 fully saturated rings. The van der Waals surface area contributed by atoms with Gasteiger partial charge in [0.05, 0.1) is 6.10 Å². The Balaban J connectivity index is 1.45. The molecule has 1 aliphatic rings. The Hall–Kier alpha value is -2.31. The average Bonchev–Trinajstić information content (AvgIpc) is 3.07. The van der Waals surface area contributed by atoms with Crippen LogP contribution in [0.15, 0.2) is 48.5 Å². The van der Waals surface area contributed by atoms with Crippen LogP contribution in [-0.4, -0.2) is 36.2 Å². The highest BCUT2D eigenvalue weighted by Crippen LogP contribution is 2.23. The van der Waals surface area contributed by atoms with Crippen LogP contribution < -0.4 is 10.6 Å². The summed E-state index contributed by atoms with van der Waals surface area (Å²) in [5, 5.41) is 15.9. The lowest BCUT2D eigenvalue weighted by Crippen LogP contribution is -2.42. The van der Waals surface area contributed by atoms with Crippen LogP contribution >= 0.6 is 0 Å². The predicted molar refractivity (Wildman–Crippen MR) is 95.4 cm³/mol. The summed E-state index contributed by atoms with van der Waals surface area (Å²) in [4.78, 5) is 12.1. The number of aliphatic hydroxyl groups is 1. The molecule has 6 heteroatoms. The highest BCUT2D eigenvalue weighted by atomic mass is 19.3. The molecule has 0 saturated heterocycles. The molecular weight excluding hydrogens is 338 g/mol. The maximum absolute atomic E-state index is 13.0. The van der Waals surface area contributed by atoms with E-state index in [1.165, 1.54) is 35.4 Å². The number of halogens is 2. The van der Waals surface area contributed by atoms with Gasteiger partial charge in [0.2, 0.25) is 0 Å². The third kappa shape index (κ3) is 4.45. The van der Waals surface area contributed by atoms with Gasteiger partial charge >= 0.3 is 0 Å². The molecule has 0 aliphatic heterocycles. The molecule has 0 bridgehead atoms. The Kier molecular flexibility index (Phi) is 5.96. The number of fused-ring (bicyclic) bond motifs is 1. The van der Waals surface area contributed by atoms with Gasteiger partial charge in [-0.2, -0.15) is 0 Å². The van der Waals surface area contributed by atoms with E-state index in [9.17, 15) is 18.7 Å². The van der Waals surface area contributed by atoms with Crippen molar-refractivity contribution in [3.8, 4) is 0 Å². The van der Waals surface area contributed by atoms with Crippen molar-refractivity contribution in [3.05, 3.63) is 70.8 Å². The first kappa shape index (κ1) is 18.5. The van der Waals surface area contributed by atoms with Crippen LogP contribution in [0.4, 0.5) is 8.78 Å². The number of benzene rings is 2. The molecule has 2 aromatic rings. The van der Waals surface area contributed by atoms with Gasteiger partial charge in [-0.1, -0.05) is 42.5 Å². The van der Waals surface area contributed by atoms with E-state index in [1.54, 1.807) is 0 Å². The topological polar surface area (TPSA) is 61.4 Å². The summed E-state index contributed by atoms with van der Waals surface area (Å²) in [6.45, 7) is 0.332. The van der Waals surface area contributed by atoms with Gasteiger partial charge in [0.25, 0.3) is 12.3 Å². The molecule has 0 spiro atoms. The summed E-state index contributed by atoms with van der Waals surface area (Å²) in [7, 11) is 0. The van der Waals surface area contributed by atoms with Crippen molar-refractivity contribution >= 4 is 5.91 Å². The molecule has 1 amide bonds. The number of carbonyl (C=O) groups is 1. The van der Waals surface area contributed by atoms with Crippen molar-refractivity contribution in [3.63, 3.8) is 0 Å². The van der Waals surface area contributed by atoms with Gasteiger partial charge in [-0.05, 0) is 30.0 Å². The summed E-state index contributed by atoms with van der Waals surface area (Å²) in [6, 6.07) is 14.1. The second-order valence-electron chi connectivity index (χ2n) is 6.53. The van der Waals surface area contributed by atoms with Gasteiger partial charge in [0.1, 0.15) is 0 Å². The maximum atomic E-state index is 13.0. The van der Waals surface area contributed by atoms with Gasteiger partial charge in [-0.25, -0.2) is 8.78 Å². The van der Waals surface area contributed by atoms with E-state index in [0.29, 0.717) is 6.54 Å². The summed E-state index contributed by atoms with van der Waals surface area (Å²) < 4.78 is 25.9. The maximum Gasteiger partial charge on any atom is 0.264 e. The summed E-state index contributed by atoms with van der Waals surface area (Å²) >= 11 is 0. The van der Waals surface area contributed by atoms with E-state index in [4.69, 9.17) is 0 Å². The molecule has 0 aromatic heterocycles. The molecule has 1 atom stereocenters. The van der Waals surface area contributed by atoms with Crippen LogP contribution in [0.1, 0.15) is 33.5 Å². The first-order valence-corrected chi connectivity index (χ1v) is 8.68. The van der Waals surface area contributed by atoms with Crippen LogP contribution in [0, 0.1) is 0 Å². The summed E-state index contributed by atoms with van der Waals surface area (Å²) in [6.07, 6.45) is -1.68. The zero-order chi connectivity index (χ0) is 18.5. The largest absolute Gasteiger partial charge is 0.390 e. The minimum atomic E-state index is -2.72. The lowest BCUT2D eigenvalue weighted by molar-refractivity contribution is 0.0901. The monoisotopic (exact) mass is 360 g/mol. The number of carbonyl (C=O) groups excluding carboxylic acids is 1. The summed E-state index contributed by atoms with van der Waals surface area (Å²) in [5.41, 5.74) is 2.27. The predicted octanol–water partition coefficient (Wildman–Crippen LogP) is 2.47. The molecule has 3 N–H and O–H groups in total. The number of hydrogen-bond acceptors (Lipinski definition) is 3. The fourth-order valence-corrected chi connectivity index (χ4v) is 3.28. The van der Waals surface area contributed by atoms with E-state index in [2.05, 4.69) is 22.8 Å². The molecule has 26 heavy (non-hydrogen) atoms. The number of amides is 1. The minimum absolute atomic E-state index is 0.00305. The Bertz CT molecular complexity index is 742. The average molecular weight is 360 g/mol. The molecule has 0 radical (unpaired) electrons. The van der Waals surface area contributed by atoms with Crippen molar-refractivity contribution in [2.45, 2.75) is 31.4 Å². The van der Waals surface area contributed by atoms with E-state index in [1.807, 2.05) is 12.1 Å². The van der Waals surface area contributed by atoms with E-state index >= 15 is 0 Å². The smallest absolute Gasteiger partial charge is 0.264 e. The highest BCUT2D eigenvalue weighted by Gasteiger charge is 2.22. The van der Waals surface area contributed by atoms with Crippen LogP contribution in [-0.2, 0) is 12.8 Å². The molecule has 0 unspecified atom stereocenters. The number of alkyl halides is 2. The Morgan fingerprint density at radius 3 is 2.31 bits per heavy atom. The molecular formula is C20H22F2N2O2. The zero-order valence-electron chi connectivity index (χ0n) is 14.3. The van der Waals surface area contributed by atoms with Gasteiger partial charge in [-0.15, -0.1) is 0 Å². The SMILES string of the molecule is O=C(NC[C@@H](O)CNC1Cc2ccccc2C1)c1ccccc1C(F)F. The third-order valence-electron chi connectivity index (χ3n) is 4.63. The highest BCUT2D eigenvalue weighted by molar-refractivity contribution is 5.95. The number of aliphatic hydroxyl groups excluding tert-OH is 1. The van der Waals surface area contributed by atoms with Crippen LogP contribution in [0.25, 0.3) is 0 Å². The molecule has 0 saturated carbocycles. The lowest BCUT2D eigenvalue weighted by Gasteiger charge is -2.17. The molecule has 2 aromatic carbocycles. The van der Waals surface area contributed by atoms with Gasteiger partial charge in [0, 0.05) is 30.3 Å². The molecule has 1 aliphatic carbocycles. The first-order chi connectivity index (χ1) is 12.5. The van der Waals surface area contributed by atoms with E-state index in [0.717, 1.165) is 12.8 Å². The van der Waals surface area contributed by atoms with Gasteiger partial charge < -0.3 is 15.7 Å². The van der Waals surface area contributed by atoms with Crippen LogP contribution in [0.3, 0.4) is 0 Å². The second-order valence-corrected chi connectivity index (χ2v) is 6.53. The van der Waals surface area contributed by atoms with Crippen molar-refractivity contribution < 1.29 is 18.7 Å². The Labute approximate surface area is 151 Å². The van der Waals surface area contributed by atoms with Crippen molar-refractivity contribution in [1.29, 1.82) is 0 Å². The van der Waals surface area contributed by atoms with Gasteiger partial charge in [0.15, 0.2) is 0 Å². The second kappa shape index (κ2) is 8.38. The fourth-order valence-electron chi connectivity index (χ4n) is 3.28. The fraction of sp³-hybridized carbons (Fsp3) is 0.350. The molecule has 0 heterocycles. The van der Waals surface area contributed by atoms with Crippen LogP contribution in [0.2, 0.25) is 0 Å². The zero-order valence-corrected chi connectivity index (χ0v) is 14.3.